The van der Waals surface area contributed by atoms with Gasteiger partial charge in [0.1, 0.15) is 5.75 Å². The largest absolute Gasteiger partial charge is 0.497 e. The third-order valence-corrected chi connectivity index (χ3v) is 8.13. The Morgan fingerprint density at radius 1 is 1.00 bits per heavy atom. The standard InChI is InChI=1S/C35H48N4O5/c1-6-16-39(17-7-2)33(42)28-20-27(32(41)38(3)4)21-35(22-28,34(36)43)30(19-25-12-9-8-10-13-25)31(40)24-37-23-26-14-11-15-29(18-26)44-5/h8-15,18,20,22,30-31,37,40H,6-7,16-17,19,21,23-24H2,1-5H3,(H2,36,43)/t30-,31+,35?/m1/s1. The summed E-state index contributed by atoms with van der Waals surface area (Å²) in [5, 5.41) is 15.1. The Kier molecular flexibility index (Phi) is 12.7. The van der Waals surface area contributed by atoms with Crippen molar-refractivity contribution in [1.29, 1.82) is 0 Å². The van der Waals surface area contributed by atoms with E-state index in [9.17, 15) is 19.5 Å². The van der Waals surface area contributed by atoms with E-state index in [2.05, 4.69) is 5.32 Å². The molecule has 3 amide bonds. The minimum absolute atomic E-state index is 0.0257. The van der Waals surface area contributed by atoms with E-state index in [1.807, 2.05) is 68.4 Å². The number of nitrogens with two attached hydrogens (primary N) is 1. The number of aliphatic hydroxyl groups is 1. The van der Waals surface area contributed by atoms with Crippen molar-refractivity contribution in [3.05, 3.63) is 89.0 Å². The number of ether oxygens (including phenoxy) is 1. The summed E-state index contributed by atoms with van der Waals surface area (Å²) in [5.74, 6) is -1.27. The van der Waals surface area contributed by atoms with E-state index in [0.717, 1.165) is 29.7 Å². The van der Waals surface area contributed by atoms with Gasteiger partial charge in [-0.2, -0.15) is 0 Å². The summed E-state index contributed by atoms with van der Waals surface area (Å²) in [5.41, 5.74) is 7.16. The Hall–Kier alpha value is -3.95. The van der Waals surface area contributed by atoms with E-state index < -0.39 is 23.3 Å². The van der Waals surface area contributed by atoms with Crippen molar-refractivity contribution in [2.45, 2.75) is 52.2 Å². The average molecular weight is 605 g/mol. The smallest absolute Gasteiger partial charge is 0.253 e. The first-order chi connectivity index (χ1) is 21.1. The Morgan fingerprint density at radius 2 is 1.66 bits per heavy atom. The Labute approximate surface area is 261 Å². The van der Waals surface area contributed by atoms with E-state index in [1.54, 1.807) is 38.3 Å². The van der Waals surface area contributed by atoms with Gasteiger partial charge in [0.2, 0.25) is 11.8 Å². The molecule has 44 heavy (non-hydrogen) atoms. The number of aliphatic hydroxyl groups excluding tert-OH is 1. The second-order valence-corrected chi connectivity index (χ2v) is 11.7. The van der Waals surface area contributed by atoms with Crippen molar-refractivity contribution in [2.75, 3.05) is 40.8 Å². The lowest BCUT2D eigenvalue weighted by molar-refractivity contribution is -0.131. The van der Waals surface area contributed by atoms with Crippen LogP contribution in [0.2, 0.25) is 0 Å². The van der Waals surface area contributed by atoms with Gasteiger partial charge >= 0.3 is 0 Å². The normalized spacial score (nSPS) is 17.6. The summed E-state index contributed by atoms with van der Waals surface area (Å²) in [6.07, 6.45) is 3.99. The summed E-state index contributed by atoms with van der Waals surface area (Å²) in [6, 6.07) is 17.2. The van der Waals surface area contributed by atoms with Crippen LogP contribution in [-0.4, -0.2) is 79.6 Å². The van der Waals surface area contributed by atoms with Gasteiger partial charge in [0.15, 0.2) is 0 Å². The number of benzene rings is 2. The van der Waals surface area contributed by atoms with Crippen molar-refractivity contribution in [3.8, 4) is 5.75 Å². The lowest BCUT2D eigenvalue weighted by Gasteiger charge is -2.42. The van der Waals surface area contributed by atoms with Crippen LogP contribution in [0.5, 0.6) is 5.75 Å². The molecule has 2 aromatic rings. The maximum absolute atomic E-state index is 13.9. The average Bonchev–Trinajstić information content (AvgIpc) is 3.02. The molecule has 0 aliphatic heterocycles. The van der Waals surface area contributed by atoms with Gasteiger partial charge < -0.3 is 30.7 Å². The van der Waals surface area contributed by atoms with Crippen LogP contribution in [0.3, 0.4) is 0 Å². The molecule has 9 heteroatoms. The summed E-state index contributed by atoms with van der Waals surface area (Å²) < 4.78 is 5.33. The fourth-order valence-electron chi connectivity index (χ4n) is 5.91. The van der Waals surface area contributed by atoms with Crippen molar-refractivity contribution < 1.29 is 24.2 Å². The third kappa shape index (κ3) is 8.57. The summed E-state index contributed by atoms with van der Waals surface area (Å²) in [7, 11) is 4.88. The highest BCUT2D eigenvalue weighted by Crippen LogP contribution is 2.44. The van der Waals surface area contributed by atoms with Gasteiger partial charge in [-0.05, 0) is 55.0 Å². The first-order valence-corrected chi connectivity index (χ1v) is 15.4. The molecule has 1 aliphatic carbocycles. The van der Waals surface area contributed by atoms with Gasteiger partial charge in [0.25, 0.3) is 5.91 Å². The Bertz CT molecular complexity index is 1330. The van der Waals surface area contributed by atoms with Crippen molar-refractivity contribution in [2.24, 2.45) is 17.1 Å². The molecule has 2 aromatic carbocycles. The monoisotopic (exact) mass is 604 g/mol. The van der Waals surface area contributed by atoms with Crippen LogP contribution in [0.4, 0.5) is 0 Å². The van der Waals surface area contributed by atoms with E-state index in [-0.39, 0.29) is 30.4 Å². The molecule has 0 saturated carbocycles. The van der Waals surface area contributed by atoms with Crippen LogP contribution in [0.1, 0.15) is 44.2 Å². The molecule has 0 saturated heterocycles. The molecule has 4 N–H and O–H groups in total. The fraction of sp³-hybridized carbons (Fsp3) is 0.457. The van der Waals surface area contributed by atoms with Crippen LogP contribution < -0.4 is 15.8 Å². The van der Waals surface area contributed by atoms with Gasteiger partial charge in [-0.25, -0.2) is 0 Å². The second kappa shape index (κ2) is 16.2. The third-order valence-electron chi connectivity index (χ3n) is 8.13. The molecule has 3 rings (SSSR count). The van der Waals surface area contributed by atoms with Crippen molar-refractivity contribution in [3.63, 3.8) is 0 Å². The molecule has 0 heterocycles. The van der Waals surface area contributed by atoms with Crippen molar-refractivity contribution >= 4 is 17.7 Å². The van der Waals surface area contributed by atoms with E-state index in [0.29, 0.717) is 31.6 Å². The van der Waals surface area contributed by atoms with E-state index >= 15 is 0 Å². The summed E-state index contributed by atoms with van der Waals surface area (Å²) >= 11 is 0. The van der Waals surface area contributed by atoms with Gasteiger partial charge in [0.05, 0.1) is 18.6 Å². The molecule has 0 aromatic heterocycles. The minimum Gasteiger partial charge on any atom is -0.497 e. The number of nitrogens with zero attached hydrogens (tertiary/aromatic N) is 2. The lowest BCUT2D eigenvalue weighted by Crippen LogP contribution is -2.52. The number of hydrogen-bond donors (Lipinski definition) is 3. The number of likely N-dealkylation sites (N-methyl/N-ethyl adjacent to an activating group) is 1. The van der Waals surface area contributed by atoms with Crippen LogP contribution in [0.25, 0.3) is 0 Å². The predicted octanol–water partition coefficient (Wildman–Crippen LogP) is 3.47. The number of carbonyl (C=O) groups is 3. The van der Waals surface area contributed by atoms with Crippen LogP contribution >= 0.6 is 0 Å². The fourth-order valence-corrected chi connectivity index (χ4v) is 5.91. The molecule has 0 radical (unpaired) electrons. The number of amides is 3. The number of primary amides is 1. The van der Waals surface area contributed by atoms with Gasteiger partial charge in [-0.3, -0.25) is 14.4 Å². The van der Waals surface area contributed by atoms with E-state index in [1.165, 1.54) is 4.90 Å². The van der Waals surface area contributed by atoms with Crippen LogP contribution in [0.15, 0.2) is 77.9 Å². The van der Waals surface area contributed by atoms with E-state index in [4.69, 9.17) is 10.5 Å². The first kappa shape index (κ1) is 34.5. The van der Waals surface area contributed by atoms with Crippen LogP contribution in [-0.2, 0) is 27.3 Å². The maximum atomic E-state index is 13.9. The summed E-state index contributed by atoms with van der Waals surface area (Å²) in [6.45, 7) is 5.70. The van der Waals surface area contributed by atoms with Crippen molar-refractivity contribution in [1.82, 2.24) is 15.1 Å². The molecule has 1 unspecified atom stereocenters. The molecule has 0 bridgehead atoms. The molecule has 0 spiro atoms. The zero-order chi connectivity index (χ0) is 32.3. The number of rotatable bonds is 16. The number of methoxy groups -OCH3 is 1. The SMILES string of the molecule is CCCN(CCC)C(=O)C1=CC(C(N)=O)([C@H](Cc2ccccc2)[C@@H](O)CNCc2cccc(OC)c2)CC(C(=O)N(C)C)=C1. The number of carbonyl (C=O) groups excluding carboxylic acids is 3. The number of nitrogens with one attached hydrogen (secondary N) is 1. The predicted molar refractivity (Wildman–Crippen MR) is 173 cm³/mol. The molecular weight excluding hydrogens is 556 g/mol. The second-order valence-electron chi connectivity index (χ2n) is 11.7. The molecule has 0 fully saturated rings. The quantitative estimate of drug-likeness (QED) is 0.270. The molecule has 1 aliphatic rings. The highest BCUT2D eigenvalue weighted by atomic mass is 16.5. The highest BCUT2D eigenvalue weighted by molar-refractivity contribution is 6.03. The van der Waals surface area contributed by atoms with Gasteiger partial charge in [0, 0.05) is 57.3 Å². The maximum Gasteiger partial charge on any atom is 0.253 e. The first-order valence-electron chi connectivity index (χ1n) is 15.4. The Morgan fingerprint density at radius 3 is 2.25 bits per heavy atom. The highest BCUT2D eigenvalue weighted by Gasteiger charge is 2.49. The zero-order valence-electron chi connectivity index (χ0n) is 26.7. The topological polar surface area (TPSA) is 125 Å². The summed E-state index contributed by atoms with van der Waals surface area (Å²) in [4.78, 5) is 44.1. The van der Waals surface area contributed by atoms with Gasteiger partial charge in [-0.15, -0.1) is 0 Å². The molecule has 9 nitrogen and oxygen atoms in total. The zero-order valence-corrected chi connectivity index (χ0v) is 26.7. The minimum atomic E-state index is -1.50. The van der Waals surface area contributed by atoms with Gasteiger partial charge in [-0.1, -0.05) is 62.4 Å². The number of hydrogen-bond acceptors (Lipinski definition) is 6. The Balaban J connectivity index is 2.08. The van der Waals surface area contributed by atoms with Crippen LogP contribution in [0, 0.1) is 11.3 Å². The lowest BCUT2D eigenvalue weighted by atomic mass is 9.63. The molecular formula is C35H48N4O5. The molecule has 3 atom stereocenters. The molecule has 238 valence electrons.